The van der Waals surface area contributed by atoms with E-state index in [4.69, 9.17) is 11.6 Å². The van der Waals surface area contributed by atoms with Gasteiger partial charge in [0.05, 0.1) is 21.6 Å². The fourth-order valence-electron chi connectivity index (χ4n) is 3.91. The molecular formula is C21H18ClF4N3O. The largest absolute Gasteiger partial charge is 0.449 e. The van der Waals surface area contributed by atoms with E-state index in [1.54, 1.807) is 24.3 Å². The first-order chi connectivity index (χ1) is 14.3. The highest BCUT2D eigenvalue weighted by Gasteiger charge is 2.38. The molecule has 0 bridgehead atoms. The quantitative estimate of drug-likeness (QED) is 0.512. The first-order valence-corrected chi connectivity index (χ1v) is 9.89. The van der Waals surface area contributed by atoms with Crippen LogP contribution < -0.4 is 0 Å². The van der Waals surface area contributed by atoms with Gasteiger partial charge in [-0.3, -0.25) is 4.79 Å². The lowest BCUT2D eigenvalue weighted by atomic mass is 9.96. The molecule has 0 unspecified atom stereocenters. The molecule has 1 aromatic heterocycles. The number of nitrogens with zero attached hydrogens (tertiary/aromatic N) is 3. The molecule has 4 nitrogen and oxygen atoms in total. The Kier molecular flexibility index (Phi) is 5.44. The van der Waals surface area contributed by atoms with Crippen molar-refractivity contribution >= 4 is 28.5 Å². The van der Waals surface area contributed by atoms with Crippen LogP contribution in [0.1, 0.15) is 29.0 Å². The van der Waals surface area contributed by atoms with Crippen LogP contribution in [0, 0.1) is 11.7 Å². The van der Waals surface area contributed by atoms with Gasteiger partial charge in [-0.2, -0.15) is 13.2 Å². The molecule has 3 aromatic rings. The Balaban J connectivity index is 1.50. The van der Waals surface area contributed by atoms with E-state index in [0.29, 0.717) is 37.0 Å². The fraction of sp³-hybridized carbons (Fsp3) is 0.333. The van der Waals surface area contributed by atoms with E-state index in [1.807, 2.05) is 0 Å². The second-order valence-corrected chi connectivity index (χ2v) is 7.77. The molecule has 0 saturated carbocycles. The number of carbonyl (C=O) groups is 1. The maximum Gasteiger partial charge on any atom is 0.449 e. The highest BCUT2D eigenvalue weighted by Crippen LogP contribution is 2.33. The zero-order chi connectivity index (χ0) is 21.5. The summed E-state index contributed by atoms with van der Waals surface area (Å²) in [4.78, 5) is 17.9. The predicted molar refractivity (Wildman–Crippen MR) is 105 cm³/mol. The van der Waals surface area contributed by atoms with E-state index in [2.05, 4.69) is 4.98 Å². The maximum absolute atomic E-state index is 14.0. The number of hydrogen-bond acceptors (Lipinski definition) is 2. The Morgan fingerprint density at radius 2 is 1.80 bits per heavy atom. The number of benzene rings is 2. The molecule has 1 aliphatic heterocycles. The molecule has 1 fully saturated rings. The summed E-state index contributed by atoms with van der Waals surface area (Å²) in [6.07, 6.45) is -3.56. The van der Waals surface area contributed by atoms with Gasteiger partial charge in [0.2, 0.25) is 5.82 Å². The minimum absolute atomic E-state index is 0.0434. The first-order valence-electron chi connectivity index (χ1n) is 9.51. The molecule has 0 radical (unpaired) electrons. The van der Waals surface area contributed by atoms with Crippen LogP contribution in [0.4, 0.5) is 17.6 Å². The number of fused-ring (bicyclic) bond motifs is 1. The Morgan fingerprint density at radius 3 is 2.47 bits per heavy atom. The molecule has 4 rings (SSSR count). The van der Waals surface area contributed by atoms with E-state index < -0.39 is 23.7 Å². The summed E-state index contributed by atoms with van der Waals surface area (Å²) in [6.45, 7) is 0.794. The lowest BCUT2D eigenvalue weighted by Crippen LogP contribution is -2.40. The van der Waals surface area contributed by atoms with E-state index in [-0.39, 0.29) is 23.0 Å². The number of para-hydroxylation sites is 2. The second kappa shape index (κ2) is 7.91. The third kappa shape index (κ3) is 3.88. The Bertz CT molecular complexity index is 1070. The normalized spacial score (nSPS) is 15.7. The lowest BCUT2D eigenvalue weighted by molar-refractivity contribution is -0.147. The van der Waals surface area contributed by atoms with Crippen LogP contribution in [0.15, 0.2) is 42.5 Å². The van der Waals surface area contributed by atoms with Crippen LogP contribution in [0.5, 0.6) is 0 Å². The van der Waals surface area contributed by atoms with Crippen molar-refractivity contribution in [2.75, 3.05) is 13.1 Å². The van der Waals surface area contributed by atoms with Crippen molar-refractivity contribution < 1.29 is 22.4 Å². The number of amides is 1. The van der Waals surface area contributed by atoms with Crippen molar-refractivity contribution in [2.24, 2.45) is 5.92 Å². The van der Waals surface area contributed by atoms with E-state index in [1.165, 1.54) is 27.7 Å². The molecule has 0 spiro atoms. The second-order valence-electron chi connectivity index (χ2n) is 7.36. The highest BCUT2D eigenvalue weighted by atomic mass is 35.5. The van der Waals surface area contributed by atoms with Gasteiger partial charge in [0.15, 0.2) is 0 Å². The van der Waals surface area contributed by atoms with Gasteiger partial charge in [0.1, 0.15) is 5.82 Å². The molecule has 0 N–H and O–H groups in total. The number of piperidine rings is 1. The van der Waals surface area contributed by atoms with E-state index >= 15 is 0 Å². The number of alkyl halides is 3. The Labute approximate surface area is 175 Å². The van der Waals surface area contributed by atoms with Crippen molar-refractivity contribution in [3.05, 3.63) is 64.7 Å². The van der Waals surface area contributed by atoms with Crippen molar-refractivity contribution in [2.45, 2.75) is 25.6 Å². The average Bonchev–Trinajstić information content (AvgIpc) is 3.07. The number of rotatable bonds is 3. The number of halogens is 5. The number of imidazole rings is 1. The molecule has 0 atom stereocenters. The lowest BCUT2D eigenvalue weighted by Gasteiger charge is -2.32. The van der Waals surface area contributed by atoms with Crippen LogP contribution in [-0.4, -0.2) is 33.4 Å². The molecule has 1 amide bonds. The van der Waals surface area contributed by atoms with Crippen LogP contribution in [0.3, 0.4) is 0 Å². The third-order valence-electron chi connectivity index (χ3n) is 5.43. The smallest absolute Gasteiger partial charge is 0.338 e. The van der Waals surface area contributed by atoms with Gasteiger partial charge in [0, 0.05) is 19.6 Å². The zero-order valence-corrected chi connectivity index (χ0v) is 16.5. The predicted octanol–water partition coefficient (Wildman–Crippen LogP) is 5.40. The fourth-order valence-corrected chi connectivity index (χ4v) is 4.16. The molecule has 2 heterocycles. The van der Waals surface area contributed by atoms with Gasteiger partial charge >= 0.3 is 6.18 Å². The van der Waals surface area contributed by atoms with Crippen molar-refractivity contribution in [3.8, 4) is 0 Å². The number of likely N-dealkylation sites (tertiary alicyclic amines) is 1. The summed E-state index contributed by atoms with van der Waals surface area (Å²) in [5, 5.41) is 0.0434. The molecule has 1 aliphatic rings. The first kappa shape index (κ1) is 20.7. The molecule has 158 valence electrons. The van der Waals surface area contributed by atoms with Crippen LogP contribution in [0.25, 0.3) is 11.0 Å². The van der Waals surface area contributed by atoms with Gasteiger partial charge in [-0.05, 0) is 43.0 Å². The van der Waals surface area contributed by atoms with E-state index in [0.717, 1.165) is 0 Å². The van der Waals surface area contributed by atoms with Crippen molar-refractivity contribution in [3.63, 3.8) is 0 Å². The topological polar surface area (TPSA) is 38.1 Å². The molecule has 1 saturated heterocycles. The standard InChI is InChI=1S/C21H18ClF4N3O/c22-14-4-3-5-15(23)18(14)19(30)28-10-8-13(9-11-28)12-29-17-7-2-1-6-16(17)27-20(29)21(24,25)26/h1-7,13H,8-12H2. The molecule has 30 heavy (non-hydrogen) atoms. The number of hydrogen-bond donors (Lipinski definition) is 0. The summed E-state index contributed by atoms with van der Waals surface area (Å²) in [6, 6.07) is 10.6. The minimum atomic E-state index is -4.56. The van der Waals surface area contributed by atoms with Crippen LogP contribution in [-0.2, 0) is 12.7 Å². The highest BCUT2D eigenvalue weighted by molar-refractivity contribution is 6.33. The average molecular weight is 440 g/mol. The van der Waals surface area contributed by atoms with Gasteiger partial charge < -0.3 is 9.47 Å². The van der Waals surface area contributed by atoms with Gasteiger partial charge in [-0.25, -0.2) is 9.37 Å². The minimum Gasteiger partial charge on any atom is -0.338 e. The Morgan fingerprint density at radius 1 is 1.10 bits per heavy atom. The summed E-state index contributed by atoms with van der Waals surface area (Å²) in [5.41, 5.74) is 0.561. The van der Waals surface area contributed by atoms with Gasteiger partial charge in [0.25, 0.3) is 5.91 Å². The molecule has 2 aromatic carbocycles. The maximum atomic E-state index is 14.0. The Hall–Kier alpha value is -2.61. The number of carbonyl (C=O) groups excluding carboxylic acids is 1. The monoisotopic (exact) mass is 439 g/mol. The van der Waals surface area contributed by atoms with Gasteiger partial charge in [-0.1, -0.05) is 29.8 Å². The van der Waals surface area contributed by atoms with Crippen LogP contribution >= 0.6 is 11.6 Å². The molecule has 0 aliphatic carbocycles. The SMILES string of the molecule is O=C(c1c(F)cccc1Cl)N1CCC(Cn2c(C(F)(F)F)nc3ccccc32)CC1. The zero-order valence-electron chi connectivity index (χ0n) is 15.8. The van der Waals surface area contributed by atoms with Gasteiger partial charge in [-0.15, -0.1) is 0 Å². The molecule has 9 heteroatoms. The van der Waals surface area contributed by atoms with Crippen LogP contribution in [0.2, 0.25) is 5.02 Å². The third-order valence-corrected chi connectivity index (χ3v) is 5.74. The number of aromatic nitrogens is 2. The van der Waals surface area contributed by atoms with E-state index in [9.17, 15) is 22.4 Å². The summed E-state index contributed by atoms with van der Waals surface area (Å²) in [7, 11) is 0. The summed E-state index contributed by atoms with van der Waals surface area (Å²) < 4.78 is 55.7. The molecular weight excluding hydrogens is 422 g/mol. The summed E-state index contributed by atoms with van der Waals surface area (Å²) in [5.74, 6) is -2.17. The summed E-state index contributed by atoms with van der Waals surface area (Å²) >= 11 is 5.98. The van der Waals surface area contributed by atoms with Crippen molar-refractivity contribution in [1.29, 1.82) is 0 Å². The van der Waals surface area contributed by atoms with Crippen molar-refractivity contribution in [1.82, 2.24) is 14.5 Å².